The van der Waals surface area contributed by atoms with Crippen molar-refractivity contribution in [2.24, 2.45) is 5.92 Å². The predicted molar refractivity (Wildman–Crippen MR) is 85.1 cm³/mol. The van der Waals surface area contributed by atoms with Gasteiger partial charge in [0.25, 0.3) is 5.91 Å². The van der Waals surface area contributed by atoms with Crippen LogP contribution in [0.3, 0.4) is 0 Å². The summed E-state index contributed by atoms with van der Waals surface area (Å²) in [5.41, 5.74) is 0.942. The van der Waals surface area contributed by atoms with E-state index in [1.807, 2.05) is 13.8 Å². The maximum absolute atomic E-state index is 12.5. The van der Waals surface area contributed by atoms with E-state index in [4.69, 9.17) is 0 Å². The first-order valence-corrected chi connectivity index (χ1v) is 7.70. The molecule has 1 aliphatic heterocycles. The summed E-state index contributed by atoms with van der Waals surface area (Å²) >= 11 is 0. The molecule has 0 aromatic heterocycles. The Bertz CT molecular complexity index is 587. The average molecular weight is 318 g/mol. The van der Waals surface area contributed by atoms with Crippen molar-refractivity contribution in [2.45, 2.75) is 13.8 Å². The van der Waals surface area contributed by atoms with Crippen molar-refractivity contribution in [3.05, 3.63) is 35.4 Å². The number of benzene rings is 1. The Hall–Kier alpha value is -2.37. The van der Waals surface area contributed by atoms with E-state index >= 15 is 0 Å². The standard InChI is InChI=1S/C17H22N2O4/c1-12(2)15(20)18-8-10-19(11-9-18)16(21)13-4-6-14(7-5-13)17(22)23-3/h4-7,12H,8-11H2,1-3H3. The van der Waals surface area contributed by atoms with Crippen LogP contribution in [0.5, 0.6) is 0 Å². The molecule has 0 radical (unpaired) electrons. The summed E-state index contributed by atoms with van der Waals surface area (Å²) in [6, 6.07) is 6.41. The van der Waals surface area contributed by atoms with Gasteiger partial charge in [-0.3, -0.25) is 9.59 Å². The fraction of sp³-hybridized carbons (Fsp3) is 0.471. The number of hydrogen-bond acceptors (Lipinski definition) is 4. The molecular weight excluding hydrogens is 296 g/mol. The first-order chi connectivity index (χ1) is 10.9. The number of hydrogen-bond donors (Lipinski definition) is 0. The van der Waals surface area contributed by atoms with Crippen LogP contribution < -0.4 is 0 Å². The Morgan fingerprint density at radius 2 is 1.39 bits per heavy atom. The molecule has 1 saturated heterocycles. The maximum Gasteiger partial charge on any atom is 0.337 e. The summed E-state index contributed by atoms with van der Waals surface area (Å²) < 4.78 is 4.63. The second-order valence-electron chi connectivity index (χ2n) is 5.84. The van der Waals surface area contributed by atoms with Gasteiger partial charge in [0, 0.05) is 37.7 Å². The summed E-state index contributed by atoms with van der Waals surface area (Å²) in [6.45, 7) is 5.92. The van der Waals surface area contributed by atoms with Crippen molar-refractivity contribution in [1.82, 2.24) is 9.80 Å². The van der Waals surface area contributed by atoms with Crippen LogP contribution in [0.4, 0.5) is 0 Å². The molecule has 1 aliphatic rings. The molecule has 1 fully saturated rings. The Morgan fingerprint density at radius 1 is 0.913 bits per heavy atom. The summed E-state index contributed by atoms with van der Waals surface area (Å²) in [5, 5.41) is 0. The molecule has 0 atom stereocenters. The van der Waals surface area contributed by atoms with Gasteiger partial charge in [-0.2, -0.15) is 0 Å². The molecule has 0 spiro atoms. The summed E-state index contributed by atoms with van der Waals surface area (Å²) in [4.78, 5) is 39.3. The molecule has 0 N–H and O–H groups in total. The highest BCUT2D eigenvalue weighted by Crippen LogP contribution is 2.12. The fourth-order valence-corrected chi connectivity index (χ4v) is 2.54. The first kappa shape index (κ1) is 17.0. The zero-order valence-corrected chi connectivity index (χ0v) is 13.7. The summed E-state index contributed by atoms with van der Waals surface area (Å²) in [5.74, 6) is -0.412. The van der Waals surface area contributed by atoms with Crippen LogP contribution in [0.15, 0.2) is 24.3 Å². The van der Waals surface area contributed by atoms with E-state index in [0.717, 1.165) is 0 Å². The van der Waals surface area contributed by atoms with E-state index in [2.05, 4.69) is 4.74 Å². The van der Waals surface area contributed by atoms with E-state index < -0.39 is 5.97 Å². The van der Waals surface area contributed by atoms with E-state index in [0.29, 0.717) is 37.3 Å². The Labute approximate surface area is 136 Å². The number of amides is 2. The SMILES string of the molecule is COC(=O)c1ccc(C(=O)N2CCN(C(=O)C(C)C)CC2)cc1. The predicted octanol–water partition coefficient (Wildman–Crippen LogP) is 1.41. The molecule has 0 bridgehead atoms. The van der Waals surface area contributed by atoms with E-state index in [1.54, 1.807) is 34.1 Å². The van der Waals surface area contributed by atoms with Gasteiger partial charge in [0.15, 0.2) is 0 Å². The van der Waals surface area contributed by atoms with Gasteiger partial charge in [0.2, 0.25) is 5.91 Å². The number of nitrogens with zero attached hydrogens (tertiary/aromatic N) is 2. The second-order valence-corrected chi connectivity index (χ2v) is 5.84. The Morgan fingerprint density at radius 3 is 1.87 bits per heavy atom. The number of piperazine rings is 1. The quantitative estimate of drug-likeness (QED) is 0.791. The van der Waals surface area contributed by atoms with Crippen LogP contribution in [-0.2, 0) is 9.53 Å². The lowest BCUT2D eigenvalue weighted by atomic mass is 10.1. The van der Waals surface area contributed by atoms with Gasteiger partial charge < -0.3 is 14.5 Å². The minimum Gasteiger partial charge on any atom is -0.465 e. The van der Waals surface area contributed by atoms with Crippen molar-refractivity contribution < 1.29 is 19.1 Å². The van der Waals surface area contributed by atoms with E-state index in [9.17, 15) is 14.4 Å². The molecule has 1 aromatic rings. The van der Waals surface area contributed by atoms with Crippen molar-refractivity contribution in [1.29, 1.82) is 0 Å². The van der Waals surface area contributed by atoms with E-state index in [1.165, 1.54) is 7.11 Å². The zero-order chi connectivity index (χ0) is 17.0. The Balaban J connectivity index is 1.97. The number of esters is 1. The molecule has 1 heterocycles. The molecule has 23 heavy (non-hydrogen) atoms. The van der Waals surface area contributed by atoms with Gasteiger partial charge in [0.1, 0.15) is 0 Å². The second kappa shape index (κ2) is 7.26. The topological polar surface area (TPSA) is 66.9 Å². The average Bonchev–Trinajstić information content (AvgIpc) is 2.60. The summed E-state index contributed by atoms with van der Waals surface area (Å²) in [6.07, 6.45) is 0. The van der Waals surface area contributed by atoms with Gasteiger partial charge in [-0.05, 0) is 24.3 Å². The van der Waals surface area contributed by atoms with Crippen molar-refractivity contribution in [3.63, 3.8) is 0 Å². The number of ether oxygens (including phenoxy) is 1. The molecule has 2 rings (SSSR count). The number of carbonyl (C=O) groups excluding carboxylic acids is 3. The fourth-order valence-electron chi connectivity index (χ4n) is 2.54. The number of methoxy groups -OCH3 is 1. The molecule has 6 nitrogen and oxygen atoms in total. The van der Waals surface area contributed by atoms with Gasteiger partial charge in [-0.1, -0.05) is 13.8 Å². The summed E-state index contributed by atoms with van der Waals surface area (Å²) in [7, 11) is 1.32. The van der Waals surface area contributed by atoms with E-state index in [-0.39, 0.29) is 17.7 Å². The molecule has 124 valence electrons. The molecule has 0 aliphatic carbocycles. The molecule has 1 aromatic carbocycles. The zero-order valence-electron chi connectivity index (χ0n) is 13.7. The Kier molecular flexibility index (Phi) is 5.36. The minimum absolute atomic E-state index is 0.0249. The highest BCUT2D eigenvalue weighted by molar-refractivity contribution is 5.96. The van der Waals surface area contributed by atoms with Gasteiger partial charge in [-0.15, -0.1) is 0 Å². The third kappa shape index (κ3) is 3.88. The van der Waals surface area contributed by atoms with Gasteiger partial charge >= 0.3 is 5.97 Å². The molecule has 2 amide bonds. The van der Waals surface area contributed by atoms with Crippen LogP contribution in [-0.4, -0.2) is 60.9 Å². The lowest BCUT2D eigenvalue weighted by Gasteiger charge is -2.35. The van der Waals surface area contributed by atoms with Crippen LogP contribution in [0.2, 0.25) is 0 Å². The number of carbonyl (C=O) groups is 3. The monoisotopic (exact) mass is 318 g/mol. The lowest BCUT2D eigenvalue weighted by molar-refractivity contribution is -0.135. The van der Waals surface area contributed by atoms with Crippen LogP contribution in [0.25, 0.3) is 0 Å². The van der Waals surface area contributed by atoms with Crippen LogP contribution in [0.1, 0.15) is 34.6 Å². The van der Waals surface area contributed by atoms with Crippen molar-refractivity contribution >= 4 is 17.8 Å². The molecule has 6 heteroatoms. The highest BCUT2D eigenvalue weighted by Gasteiger charge is 2.25. The lowest BCUT2D eigenvalue weighted by Crippen LogP contribution is -2.51. The van der Waals surface area contributed by atoms with Crippen LogP contribution in [0, 0.1) is 5.92 Å². The normalized spacial score (nSPS) is 14.8. The third-order valence-electron chi connectivity index (χ3n) is 3.93. The van der Waals surface area contributed by atoms with Crippen molar-refractivity contribution in [2.75, 3.05) is 33.3 Å². The third-order valence-corrected chi connectivity index (χ3v) is 3.93. The van der Waals surface area contributed by atoms with Gasteiger partial charge in [-0.25, -0.2) is 4.79 Å². The molecule has 0 saturated carbocycles. The largest absolute Gasteiger partial charge is 0.465 e. The molecular formula is C17H22N2O4. The first-order valence-electron chi connectivity index (χ1n) is 7.70. The smallest absolute Gasteiger partial charge is 0.337 e. The molecule has 0 unspecified atom stereocenters. The van der Waals surface area contributed by atoms with Crippen LogP contribution >= 0.6 is 0 Å². The minimum atomic E-state index is -0.426. The van der Waals surface area contributed by atoms with Gasteiger partial charge in [0.05, 0.1) is 12.7 Å². The highest BCUT2D eigenvalue weighted by atomic mass is 16.5. The van der Waals surface area contributed by atoms with Crippen molar-refractivity contribution in [3.8, 4) is 0 Å². The number of rotatable bonds is 3. The maximum atomic E-state index is 12.5.